The van der Waals surface area contributed by atoms with Gasteiger partial charge < -0.3 is 14.6 Å². The summed E-state index contributed by atoms with van der Waals surface area (Å²) in [5.41, 5.74) is 1.82. The second-order valence-electron chi connectivity index (χ2n) is 7.48. The number of carboxylic acids is 1. The van der Waals surface area contributed by atoms with Gasteiger partial charge in [-0.3, -0.25) is 9.59 Å². The predicted molar refractivity (Wildman–Crippen MR) is 102 cm³/mol. The maximum atomic E-state index is 12.2. The zero-order valence-electron chi connectivity index (χ0n) is 16.8. The number of carboxylic acid groups (broad SMARTS) is 1. The van der Waals surface area contributed by atoms with Crippen molar-refractivity contribution in [2.45, 2.75) is 78.4 Å². The van der Waals surface area contributed by atoms with Crippen LogP contribution in [0.1, 0.15) is 66.2 Å². The van der Waals surface area contributed by atoms with Crippen molar-refractivity contribution in [1.82, 2.24) is 0 Å². The Hall–Kier alpha value is -1.95. The van der Waals surface area contributed by atoms with Gasteiger partial charge in [0.25, 0.3) is 0 Å². The molecule has 27 heavy (non-hydrogen) atoms. The molecule has 0 aromatic heterocycles. The van der Waals surface area contributed by atoms with Crippen LogP contribution in [0.5, 0.6) is 0 Å². The van der Waals surface area contributed by atoms with Crippen molar-refractivity contribution in [3.63, 3.8) is 0 Å². The number of allylic oxidation sites excluding steroid dienone is 1. The van der Waals surface area contributed by atoms with Gasteiger partial charge in [0.15, 0.2) is 5.78 Å². The van der Waals surface area contributed by atoms with E-state index in [2.05, 4.69) is 13.0 Å². The number of hydrogen-bond donors (Lipinski definition) is 1. The number of carbonyl (C=O) groups excluding carboxylic acids is 2. The van der Waals surface area contributed by atoms with Crippen LogP contribution < -0.4 is 0 Å². The maximum absolute atomic E-state index is 12.2. The summed E-state index contributed by atoms with van der Waals surface area (Å²) in [6.07, 6.45) is 6.18. The summed E-state index contributed by atoms with van der Waals surface area (Å²) in [6.45, 7) is 7.68. The lowest BCUT2D eigenvalue weighted by Gasteiger charge is -2.23. The number of Topliss-reactive ketones (excluding diaryl/α,β-unsaturated/α-hetero) is 1. The third kappa shape index (κ3) is 9.52. The fourth-order valence-electron chi connectivity index (χ4n) is 3.12. The van der Waals surface area contributed by atoms with E-state index < -0.39 is 12.1 Å². The molecule has 0 bridgehead atoms. The minimum Gasteiger partial charge on any atom is -0.478 e. The molecule has 6 nitrogen and oxygen atoms in total. The SMILES string of the molecule is CC(=O)OC(CC=C(C)C)C(C)CCCC1OCC(=CC(=O)O)CCC1=O. The van der Waals surface area contributed by atoms with Gasteiger partial charge in [0, 0.05) is 25.8 Å². The van der Waals surface area contributed by atoms with E-state index in [1.807, 2.05) is 13.8 Å². The Bertz CT molecular complexity index is 585. The molecular weight excluding hydrogens is 348 g/mol. The number of rotatable bonds is 9. The smallest absolute Gasteiger partial charge is 0.328 e. The fraction of sp³-hybridized carbons (Fsp3) is 0.667. The molecule has 6 heteroatoms. The molecule has 1 rings (SSSR count). The van der Waals surface area contributed by atoms with Crippen LogP contribution in [0.25, 0.3) is 0 Å². The molecule has 3 unspecified atom stereocenters. The molecule has 1 heterocycles. The van der Waals surface area contributed by atoms with Crippen LogP contribution >= 0.6 is 0 Å². The van der Waals surface area contributed by atoms with Crippen LogP contribution in [0, 0.1) is 5.92 Å². The summed E-state index contributed by atoms with van der Waals surface area (Å²) in [7, 11) is 0. The summed E-state index contributed by atoms with van der Waals surface area (Å²) in [4.78, 5) is 34.3. The lowest BCUT2D eigenvalue weighted by molar-refractivity contribution is -0.148. The summed E-state index contributed by atoms with van der Waals surface area (Å²) < 4.78 is 11.1. The molecule has 0 radical (unpaired) electrons. The molecule has 0 aliphatic carbocycles. The van der Waals surface area contributed by atoms with Crippen molar-refractivity contribution >= 4 is 17.7 Å². The zero-order valence-corrected chi connectivity index (χ0v) is 16.8. The summed E-state index contributed by atoms with van der Waals surface area (Å²) >= 11 is 0. The molecular formula is C21H32O6. The van der Waals surface area contributed by atoms with Crippen molar-refractivity contribution in [2.75, 3.05) is 6.61 Å². The molecule has 0 spiro atoms. The molecule has 1 saturated heterocycles. The van der Waals surface area contributed by atoms with Crippen molar-refractivity contribution < 1.29 is 29.0 Å². The number of carbonyl (C=O) groups is 3. The van der Waals surface area contributed by atoms with Crippen molar-refractivity contribution in [3.05, 3.63) is 23.3 Å². The first-order valence-corrected chi connectivity index (χ1v) is 9.56. The Kier molecular flexibility index (Phi) is 10.0. The number of ether oxygens (including phenoxy) is 2. The van der Waals surface area contributed by atoms with E-state index in [4.69, 9.17) is 14.6 Å². The highest BCUT2D eigenvalue weighted by atomic mass is 16.5. The highest BCUT2D eigenvalue weighted by molar-refractivity contribution is 5.84. The first-order valence-electron chi connectivity index (χ1n) is 9.56. The normalized spacial score (nSPS) is 21.3. The Labute approximate surface area is 161 Å². The van der Waals surface area contributed by atoms with E-state index >= 15 is 0 Å². The second kappa shape index (κ2) is 11.7. The highest BCUT2D eigenvalue weighted by Gasteiger charge is 2.25. The van der Waals surface area contributed by atoms with Gasteiger partial charge in [0.2, 0.25) is 0 Å². The van der Waals surface area contributed by atoms with Crippen LogP contribution in [0.3, 0.4) is 0 Å². The molecule has 1 aliphatic rings. The van der Waals surface area contributed by atoms with Crippen LogP contribution in [-0.2, 0) is 23.9 Å². The number of esters is 1. The molecule has 0 aromatic rings. The van der Waals surface area contributed by atoms with Gasteiger partial charge in [0.1, 0.15) is 12.2 Å². The summed E-state index contributed by atoms with van der Waals surface area (Å²) in [6, 6.07) is 0. The number of ketones is 1. The molecule has 1 N–H and O–H groups in total. The average molecular weight is 380 g/mol. The third-order valence-corrected chi connectivity index (χ3v) is 4.69. The minimum absolute atomic E-state index is 0.0255. The van der Waals surface area contributed by atoms with Gasteiger partial charge in [-0.15, -0.1) is 0 Å². The minimum atomic E-state index is -1.01. The van der Waals surface area contributed by atoms with Gasteiger partial charge in [-0.1, -0.05) is 18.6 Å². The van der Waals surface area contributed by atoms with E-state index in [-0.39, 0.29) is 30.4 Å². The van der Waals surface area contributed by atoms with Gasteiger partial charge in [-0.25, -0.2) is 4.79 Å². The predicted octanol–water partition coefficient (Wildman–Crippen LogP) is 3.84. The Morgan fingerprint density at radius 3 is 2.59 bits per heavy atom. The lowest BCUT2D eigenvalue weighted by atomic mass is 9.93. The van der Waals surface area contributed by atoms with Crippen molar-refractivity contribution in [3.8, 4) is 0 Å². The largest absolute Gasteiger partial charge is 0.478 e. The van der Waals surface area contributed by atoms with E-state index in [1.54, 1.807) is 0 Å². The standard InChI is InChI=1S/C21H32O6/c1-14(2)8-11-19(27-16(4)22)15(3)6-5-7-20-18(23)10-9-17(13-26-20)12-21(24)25/h8,12,15,19-20H,5-7,9-11,13H2,1-4H3,(H,24,25). The summed E-state index contributed by atoms with van der Waals surface area (Å²) in [5.74, 6) is -1.10. The molecule has 1 aliphatic heterocycles. The van der Waals surface area contributed by atoms with Crippen LogP contribution in [0.2, 0.25) is 0 Å². The molecule has 0 aromatic carbocycles. The van der Waals surface area contributed by atoms with E-state index in [0.29, 0.717) is 31.3 Å². The molecule has 152 valence electrons. The number of hydrogen-bond acceptors (Lipinski definition) is 5. The second-order valence-corrected chi connectivity index (χ2v) is 7.48. The Morgan fingerprint density at radius 1 is 1.30 bits per heavy atom. The Morgan fingerprint density at radius 2 is 2.00 bits per heavy atom. The lowest BCUT2D eigenvalue weighted by Crippen LogP contribution is -2.25. The van der Waals surface area contributed by atoms with Gasteiger partial charge in [0.05, 0.1) is 6.61 Å². The van der Waals surface area contributed by atoms with Crippen LogP contribution in [0.15, 0.2) is 23.3 Å². The van der Waals surface area contributed by atoms with Gasteiger partial charge >= 0.3 is 11.9 Å². The van der Waals surface area contributed by atoms with Gasteiger partial charge in [-0.05, 0) is 51.0 Å². The third-order valence-electron chi connectivity index (χ3n) is 4.69. The first-order chi connectivity index (χ1) is 12.7. The van der Waals surface area contributed by atoms with Crippen molar-refractivity contribution in [2.24, 2.45) is 5.92 Å². The van der Waals surface area contributed by atoms with Crippen LogP contribution in [-0.4, -0.2) is 41.6 Å². The molecule has 1 fully saturated rings. The van der Waals surface area contributed by atoms with Crippen LogP contribution in [0.4, 0.5) is 0 Å². The monoisotopic (exact) mass is 380 g/mol. The van der Waals surface area contributed by atoms with Gasteiger partial charge in [-0.2, -0.15) is 0 Å². The zero-order chi connectivity index (χ0) is 20.4. The van der Waals surface area contributed by atoms with Crippen molar-refractivity contribution in [1.29, 1.82) is 0 Å². The average Bonchev–Trinajstić information content (AvgIpc) is 2.73. The van der Waals surface area contributed by atoms with E-state index in [0.717, 1.165) is 18.9 Å². The number of aliphatic carboxylic acids is 1. The maximum Gasteiger partial charge on any atom is 0.328 e. The first kappa shape index (κ1) is 23.1. The fourth-order valence-corrected chi connectivity index (χ4v) is 3.12. The summed E-state index contributed by atoms with van der Waals surface area (Å²) in [5, 5.41) is 8.83. The topological polar surface area (TPSA) is 89.9 Å². The highest BCUT2D eigenvalue weighted by Crippen LogP contribution is 2.23. The van der Waals surface area contributed by atoms with E-state index in [1.165, 1.54) is 12.5 Å². The molecule has 0 amide bonds. The molecule has 0 saturated carbocycles. The quantitative estimate of drug-likeness (QED) is 0.371. The van der Waals surface area contributed by atoms with E-state index in [9.17, 15) is 14.4 Å². The molecule has 3 atom stereocenters. The Balaban J connectivity index is 2.53.